The first-order valence-electron chi connectivity index (χ1n) is 11.0. The van der Waals surface area contributed by atoms with E-state index in [1.165, 1.54) is 11.6 Å². The number of rotatable bonds is 7. The number of aliphatic imine (C=N–C) groups is 1. The zero-order valence-electron chi connectivity index (χ0n) is 18.7. The minimum Gasteiger partial charge on any atom is -0.393 e. The number of hydrogen-bond donors (Lipinski definition) is 3. The lowest BCUT2D eigenvalue weighted by Crippen LogP contribution is -2.36. The summed E-state index contributed by atoms with van der Waals surface area (Å²) in [7, 11) is 0. The molecule has 1 aliphatic rings. The molecule has 0 radical (unpaired) electrons. The molecular formula is C24H32F3IN4O. The van der Waals surface area contributed by atoms with Gasteiger partial charge in [0.25, 0.3) is 0 Å². The van der Waals surface area contributed by atoms with Gasteiger partial charge in [-0.3, -0.25) is 4.90 Å². The van der Waals surface area contributed by atoms with Crippen molar-refractivity contribution in [3.8, 4) is 0 Å². The van der Waals surface area contributed by atoms with Crippen molar-refractivity contribution in [3.05, 3.63) is 70.8 Å². The lowest BCUT2D eigenvalue weighted by Gasteiger charge is -2.29. The number of halogens is 4. The minimum absolute atomic E-state index is 0. The van der Waals surface area contributed by atoms with Gasteiger partial charge in [0, 0.05) is 32.7 Å². The Morgan fingerprint density at radius 1 is 1.03 bits per heavy atom. The van der Waals surface area contributed by atoms with Crippen molar-refractivity contribution in [2.24, 2.45) is 4.99 Å². The Balaban J connectivity index is 0.00000385. The molecule has 1 heterocycles. The SMILES string of the molecule is CCNC(=NCc1cccc(C(F)(F)F)c1)NCc1ccc(CN2CCC(O)CC2)cc1.I. The summed E-state index contributed by atoms with van der Waals surface area (Å²) < 4.78 is 38.7. The number of aliphatic hydroxyl groups is 1. The third-order valence-corrected chi connectivity index (χ3v) is 5.46. The Morgan fingerprint density at radius 2 is 1.70 bits per heavy atom. The maximum absolute atomic E-state index is 12.9. The van der Waals surface area contributed by atoms with Crippen molar-refractivity contribution >= 4 is 29.9 Å². The zero-order chi connectivity index (χ0) is 23.0. The van der Waals surface area contributed by atoms with Gasteiger partial charge < -0.3 is 15.7 Å². The second kappa shape index (κ2) is 13.1. The number of nitrogens with zero attached hydrogens (tertiary/aromatic N) is 2. The van der Waals surface area contributed by atoms with Crippen molar-refractivity contribution in [1.29, 1.82) is 0 Å². The number of aliphatic hydroxyl groups excluding tert-OH is 1. The molecule has 1 saturated heterocycles. The van der Waals surface area contributed by atoms with Gasteiger partial charge >= 0.3 is 6.18 Å². The van der Waals surface area contributed by atoms with E-state index in [0.29, 0.717) is 24.6 Å². The van der Waals surface area contributed by atoms with Crippen molar-refractivity contribution in [3.63, 3.8) is 0 Å². The highest BCUT2D eigenvalue weighted by atomic mass is 127. The number of alkyl halides is 3. The summed E-state index contributed by atoms with van der Waals surface area (Å²) in [5.74, 6) is 0.556. The van der Waals surface area contributed by atoms with Crippen LogP contribution in [0.2, 0.25) is 0 Å². The average molecular weight is 576 g/mol. The number of likely N-dealkylation sites (tertiary alicyclic amines) is 1. The topological polar surface area (TPSA) is 59.9 Å². The second-order valence-corrected chi connectivity index (χ2v) is 8.07. The highest BCUT2D eigenvalue weighted by molar-refractivity contribution is 14.0. The molecule has 2 aromatic carbocycles. The first-order chi connectivity index (χ1) is 15.3. The van der Waals surface area contributed by atoms with Gasteiger partial charge in [0.2, 0.25) is 0 Å². The van der Waals surface area contributed by atoms with E-state index >= 15 is 0 Å². The maximum atomic E-state index is 12.9. The molecule has 9 heteroatoms. The predicted octanol–water partition coefficient (Wildman–Crippen LogP) is 4.54. The molecule has 0 atom stereocenters. The molecule has 0 aromatic heterocycles. The van der Waals surface area contributed by atoms with Crippen LogP contribution in [0.4, 0.5) is 13.2 Å². The van der Waals surface area contributed by atoms with E-state index in [2.05, 4.69) is 44.8 Å². The van der Waals surface area contributed by atoms with Crippen LogP contribution >= 0.6 is 24.0 Å². The molecular weight excluding hydrogens is 544 g/mol. The molecule has 1 fully saturated rings. The van der Waals surface area contributed by atoms with Crippen LogP contribution in [0.15, 0.2) is 53.5 Å². The standard InChI is InChI=1S/C24H31F3N4O.HI/c1-2-28-23(30-16-20-4-3-5-21(14-20)24(25,26)27)29-15-18-6-8-19(9-7-18)17-31-12-10-22(32)11-13-31;/h3-9,14,22,32H,2,10-13,15-17H2,1H3,(H2,28,29,30);1H. The van der Waals surface area contributed by atoms with Gasteiger partial charge in [-0.05, 0) is 48.6 Å². The van der Waals surface area contributed by atoms with E-state index in [1.54, 1.807) is 6.07 Å². The van der Waals surface area contributed by atoms with Crippen LogP contribution in [-0.4, -0.2) is 41.7 Å². The van der Waals surface area contributed by atoms with Gasteiger partial charge in [-0.2, -0.15) is 13.2 Å². The van der Waals surface area contributed by atoms with Crippen molar-refractivity contribution in [1.82, 2.24) is 15.5 Å². The lowest BCUT2D eigenvalue weighted by molar-refractivity contribution is -0.137. The summed E-state index contributed by atoms with van der Waals surface area (Å²) in [6.07, 6.45) is -2.87. The average Bonchev–Trinajstić information content (AvgIpc) is 2.78. The molecule has 0 saturated carbocycles. The van der Waals surface area contributed by atoms with Crippen molar-refractivity contribution in [2.75, 3.05) is 19.6 Å². The number of hydrogen-bond acceptors (Lipinski definition) is 3. The minimum atomic E-state index is -4.36. The largest absolute Gasteiger partial charge is 0.416 e. The number of nitrogens with one attached hydrogen (secondary N) is 2. The first kappa shape index (κ1) is 27.4. The zero-order valence-corrected chi connectivity index (χ0v) is 21.1. The Morgan fingerprint density at radius 3 is 2.33 bits per heavy atom. The predicted molar refractivity (Wildman–Crippen MR) is 135 cm³/mol. The number of piperidine rings is 1. The van der Waals surface area contributed by atoms with Gasteiger partial charge in [-0.25, -0.2) is 4.99 Å². The summed E-state index contributed by atoms with van der Waals surface area (Å²) in [4.78, 5) is 6.77. The summed E-state index contributed by atoms with van der Waals surface area (Å²) in [5.41, 5.74) is 2.17. The van der Waals surface area contributed by atoms with Crippen LogP contribution in [0, 0.1) is 0 Å². The molecule has 5 nitrogen and oxygen atoms in total. The van der Waals surface area contributed by atoms with Crippen LogP contribution in [0.5, 0.6) is 0 Å². The summed E-state index contributed by atoms with van der Waals surface area (Å²) in [6.45, 7) is 6.01. The third kappa shape index (κ3) is 9.13. The fourth-order valence-electron chi connectivity index (χ4n) is 3.64. The van der Waals surface area contributed by atoms with Crippen LogP contribution < -0.4 is 10.6 Å². The Labute approximate surface area is 210 Å². The van der Waals surface area contributed by atoms with E-state index in [-0.39, 0.29) is 36.6 Å². The molecule has 2 aromatic rings. The molecule has 0 amide bonds. The lowest BCUT2D eigenvalue weighted by atomic mass is 10.1. The third-order valence-electron chi connectivity index (χ3n) is 5.46. The van der Waals surface area contributed by atoms with E-state index in [9.17, 15) is 18.3 Å². The van der Waals surface area contributed by atoms with Gasteiger partial charge in [0.15, 0.2) is 5.96 Å². The van der Waals surface area contributed by atoms with E-state index in [4.69, 9.17) is 0 Å². The van der Waals surface area contributed by atoms with Gasteiger partial charge in [0.05, 0.1) is 18.2 Å². The van der Waals surface area contributed by atoms with Crippen molar-refractivity contribution in [2.45, 2.75) is 51.7 Å². The molecule has 0 spiro atoms. The fourth-order valence-corrected chi connectivity index (χ4v) is 3.64. The molecule has 0 unspecified atom stereocenters. The molecule has 182 valence electrons. The van der Waals surface area contributed by atoms with E-state index in [0.717, 1.165) is 50.2 Å². The van der Waals surface area contributed by atoms with Gasteiger partial charge in [0.1, 0.15) is 0 Å². The monoisotopic (exact) mass is 576 g/mol. The first-order valence-corrected chi connectivity index (χ1v) is 11.0. The van der Waals surface area contributed by atoms with Gasteiger partial charge in [-0.1, -0.05) is 36.4 Å². The normalized spacial score (nSPS) is 15.7. The summed E-state index contributed by atoms with van der Waals surface area (Å²) in [5, 5.41) is 16.0. The highest BCUT2D eigenvalue weighted by Gasteiger charge is 2.30. The quantitative estimate of drug-likeness (QED) is 0.258. The Hall–Kier alpha value is -1.85. The molecule has 3 N–H and O–H groups in total. The van der Waals surface area contributed by atoms with Crippen molar-refractivity contribution < 1.29 is 18.3 Å². The van der Waals surface area contributed by atoms with Gasteiger partial charge in [-0.15, -0.1) is 24.0 Å². The highest BCUT2D eigenvalue weighted by Crippen LogP contribution is 2.29. The molecule has 3 rings (SSSR count). The summed E-state index contributed by atoms with van der Waals surface area (Å²) in [6, 6.07) is 13.6. The smallest absolute Gasteiger partial charge is 0.393 e. The van der Waals surface area contributed by atoms with Crippen LogP contribution in [-0.2, 0) is 25.8 Å². The molecule has 0 aliphatic carbocycles. The Kier molecular flexibility index (Phi) is 10.9. The van der Waals surface area contributed by atoms with Crippen LogP contribution in [0.25, 0.3) is 0 Å². The molecule has 33 heavy (non-hydrogen) atoms. The van der Waals surface area contributed by atoms with E-state index in [1.807, 2.05) is 6.92 Å². The van der Waals surface area contributed by atoms with Crippen LogP contribution in [0.1, 0.15) is 42.0 Å². The fraction of sp³-hybridized carbons (Fsp3) is 0.458. The molecule has 0 bridgehead atoms. The maximum Gasteiger partial charge on any atom is 0.416 e. The second-order valence-electron chi connectivity index (χ2n) is 8.07. The number of benzene rings is 2. The number of guanidine groups is 1. The molecule has 1 aliphatic heterocycles. The van der Waals surface area contributed by atoms with Crippen LogP contribution in [0.3, 0.4) is 0 Å². The Bertz CT molecular complexity index is 882. The summed E-state index contributed by atoms with van der Waals surface area (Å²) >= 11 is 0. The van der Waals surface area contributed by atoms with E-state index < -0.39 is 11.7 Å².